The van der Waals surface area contributed by atoms with Crippen LogP contribution in [0, 0.1) is 23.7 Å². The van der Waals surface area contributed by atoms with Crippen LogP contribution in [-0.4, -0.2) is 25.8 Å². The first-order valence-electron chi connectivity index (χ1n) is 7.84. The summed E-state index contributed by atoms with van der Waals surface area (Å²) >= 11 is 0. The summed E-state index contributed by atoms with van der Waals surface area (Å²) in [5.74, 6) is 3.65. The van der Waals surface area contributed by atoms with E-state index in [1.54, 1.807) is 0 Å². The van der Waals surface area contributed by atoms with E-state index in [9.17, 15) is 9.90 Å². The normalized spacial score (nSPS) is 35.2. The van der Waals surface area contributed by atoms with Gasteiger partial charge in [0.05, 0.1) is 5.92 Å². The van der Waals surface area contributed by atoms with Crippen LogP contribution in [0.1, 0.15) is 43.8 Å². The fraction of sp³-hybridized carbons (Fsp3) is 0.800. The van der Waals surface area contributed by atoms with Gasteiger partial charge in [-0.3, -0.25) is 4.79 Å². The monoisotopic (exact) mass is 275 g/mol. The van der Waals surface area contributed by atoms with Crippen LogP contribution in [0.3, 0.4) is 0 Å². The van der Waals surface area contributed by atoms with Gasteiger partial charge in [0.2, 0.25) is 0 Å². The Balaban J connectivity index is 1.52. The summed E-state index contributed by atoms with van der Waals surface area (Å²) in [5, 5.41) is 17.8. The Bertz CT molecular complexity index is 539. The average molecular weight is 275 g/mol. The summed E-state index contributed by atoms with van der Waals surface area (Å²) in [7, 11) is 0. The van der Waals surface area contributed by atoms with Crippen LogP contribution < -0.4 is 0 Å². The van der Waals surface area contributed by atoms with Gasteiger partial charge in [0.1, 0.15) is 11.6 Å². The molecule has 1 N–H and O–H groups in total. The molecule has 0 aromatic carbocycles. The van der Waals surface area contributed by atoms with E-state index >= 15 is 0 Å². The predicted octanol–water partition coefficient (Wildman–Crippen LogP) is 1.90. The number of carboxylic acids is 1. The van der Waals surface area contributed by atoms with Gasteiger partial charge < -0.3 is 9.67 Å². The molecule has 0 radical (unpaired) electrons. The molecule has 2 bridgehead atoms. The molecule has 2 fully saturated rings. The third-order valence-corrected chi connectivity index (χ3v) is 5.70. The van der Waals surface area contributed by atoms with Crippen molar-refractivity contribution >= 4 is 5.97 Å². The van der Waals surface area contributed by atoms with Crippen molar-refractivity contribution in [1.82, 2.24) is 14.8 Å². The maximum Gasteiger partial charge on any atom is 0.308 e. The molecular weight excluding hydrogens is 254 g/mol. The van der Waals surface area contributed by atoms with Gasteiger partial charge in [-0.25, -0.2) is 0 Å². The Morgan fingerprint density at radius 3 is 2.85 bits per heavy atom. The molecule has 4 unspecified atom stereocenters. The highest BCUT2D eigenvalue weighted by Crippen LogP contribution is 2.49. The summed E-state index contributed by atoms with van der Waals surface area (Å²) in [6.07, 6.45) is 8.00. The van der Waals surface area contributed by atoms with Gasteiger partial charge in [-0.1, -0.05) is 6.42 Å². The Morgan fingerprint density at radius 2 is 2.15 bits per heavy atom. The average Bonchev–Trinajstić information content (AvgIpc) is 3.14. The molecule has 1 aromatic heterocycles. The SMILES string of the molecule is O=C(O)C1CCc2nnc(CC3CC4CCC3C4)n2C1. The lowest BCUT2D eigenvalue weighted by atomic mass is 9.86. The van der Waals surface area contributed by atoms with E-state index in [0.29, 0.717) is 13.0 Å². The second kappa shape index (κ2) is 4.57. The van der Waals surface area contributed by atoms with Gasteiger partial charge >= 0.3 is 5.97 Å². The molecule has 3 aliphatic rings. The highest BCUT2D eigenvalue weighted by Gasteiger charge is 2.40. The minimum atomic E-state index is -0.685. The summed E-state index contributed by atoms with van der Waals surface area (Å²) in [5.41, 5.74) is 0. The molecule has 1 aliphatic heterocycles. The molecule has 5 heteroatoms. The minimum absolute atomic E-state index is 0.266. The molecule has 0 spiro atoms. The largest absolute Gasteiger partial charge is 0.481 e. The Hall–Kier alpha value is -1.39. The highest BCUT2D eigenvalue weighted by atomic mass is 16.4. The number of aryl methyl sites for hydroxylation is 1. The highest BCUT2D eigenvalue weighted by molar-refractivity contribution is 5.70. The lowest BCUT2D eigenvalue weighted by Crippen LogP contribution is -2.28. The molecule has 20 heavy (non-hydrogen) atoms. The fourth-order valence-corrected chi connectivity index (χ4v) is 4.60. The number of nitrogens with zero attached hydrogens (tertiary/aromatic N) is 3. The molecule has 2 saturated carbocycles. The van der Waals surface area contributed by atoms with Crippen molar-refractivity contribution in [3.63, 3.8) is 0 Å². The van der Waals surface area contributed by atoms with Crippen molar-refractivity contribution in [2.45, 2.75) is 51.5 Å². The van der Waals surface area contributed by atoms with E-state index < -0.39 is 5.97 Å². The number of aromatic nitrogens is 3. The second-order valence-electron chi connectivity index (χ2n) is 6.86. The van der Waals surface area contributed by atoms with Crippen LogP contribution in [0.4, 0.5) is 0 Å². The lowest BCUT2D eigenvalue weighted by molar-refractivity contribution is -0.142. The molecule has 5 nitrogen and oxygen atoms in total. The molecule has 4 atom stereocenters. The molecule has 0 saturated heterocycles. The number of carbonyl (C=O) groups is 1. The zero-order valence-corrected chi connectivity index (χ0v) is 11.7. The maximum absolute atomic E-state index is 11.2. The minimum Gasteiger partial charge on any atom is -0.481 e. The van der Waals surface area contributed by atoms with Gasteiger partial charge in [-0.05, 0) is 43.4 Å². The number of carboxylic acid groups (broad SMARTS) is 1. The second-order valence-corrected chi connectivity index (χ2v) is 6.86. The van der Waals surface area contributed by atoms with Crippen LogP contribution in [0.2, 0.25) is 0 Å². The topological polar surface area (TPSA) is 68.0 Å². The van der Waals surface area contributed by atoms with Crippen LogP contribution in [0.25, 0.3) is 0 Å². The first-order valence-corrected chi connectivity index (χ1v) is 7.84. The summed E-state index contributed by atoms with van der Waals surface area (Å²) in [4.78, 5) is 11.2. The first kappa shape index (κ1) is 12.4. The number of hydrogen-bond acceptors (Lipinski definition) is 3. The number of hydrogen-bond donors (Lipinski definition) is 1. The van der Waals surface area contributed by atoms with E-state index in [0.717, 1.165) is 42.2 Å². The van der Waals surface area contributed by atoms with E-state index in [4.69, 9.17) is 0 Å². The van der Waals surface area contributed by atoms with E-state index in [-0.39, 0.29) is 5.92 Å². The van der Waals surface area contributed by atoms with Gasteiger partial charge in [-0.15, -0.1) is 10.2 Å². The molecule has 0 amide bonds. The van der Waals surface area contributed by atoms with Crippen LogP contribution in [0.5, 0.6) is 0 Å². The Labute approximate surface area is 118 Å². The standard InChI is InChI=1S/C15H21N3O2/c19-15(20)11-3-4-13-16-17-14(18(13)8-11)7-12-6-9-1-2-10(12)5-9/h9-12H,1-8H2,(H,19,20). The Kier molecular flexibility index (Phi) is 2.82. The summed E-state index contributed by atoms with van der Waals surface area (Å²) in [6, 6.07) is 0. The van der Waals surface area contributed by atoms with Crippen LogP contribution in [-0.2, 0) is 24.2 Å². The zero-order valence-electron chi connectivity index (χ0n) is 11.7. The van der Waals surface area contributed by atoms with E-state index in [2.05, 4.69) is 14.8 Å². The fourth-order valence-electron chi connectivity index (χ4n) is 4.60. The van der Waals surface area contributed by atoms with Crippen molar-refractivity contribution in [2.75, 3.05) is 0 Å². The molecule has 1 aromatic rings. The van der Waals surface area contributed by atoms with Gasteiger partial charge in [0.15, 0.2) is 0 Å². The van der Waals surface area contributed by atoms with Gasteiger partial charge in [0.25, 0.3) is 0 Å². The van der Waals surface area contributed by atoms with Crippen LogP contribution in [0.15, 0.2) is 0 Å². The lowest BCUT2D eigenvalue weighted by Gasteiger charge is -2.24. The van der Waals surface area contributed by atoms with Crippen molar-refractivity contribution in [3.05, 3.63) is 11.6 Å². The van der Waals surface area contributed by atoms with E-state index in [1.807, 2.05) is 0 Å². The van der Waals surface area contributed by atoms with Gasteiger partial charge in [0, 0.05) is 19.4 Å². The maximum atomic E-state index is 11.2. The molecule has 2 heterocycles. The number of aliphatic carboxylic acids is 1. The smallest absolute Gasteiger partial charge is 0.308 e. The van der Waals surface area contributed by atoms with Gasteiger partial charge in [-0.2, -0.15) is 0 Å². The zero-order chi connectivity index (χ0) is 13.7. The Morgan fingerprint density at radius 1 is 1.25 bits per heavy atom. The van der Waals surface area contributed by atoms with Crippen molar-refractivity contribution in [1.29, 1.82) is 0 Å². The third kappa shape index (κ3) is 1.95. The van der Waals surface area contributed by atoms with Crippen molar-refractivity contribution < 1.29 is 9.90 Å². The molecule has 108 valence electrons. The van der Waals surface area contributed by atoms with Crippen molar-refractivity contribution in [2.24, 2.45) is 23.7 Å². The first-order chi connectivity index (χ1) is 9.70. The van der Waals surface area contributed by atoms with Crippen LogP contribution >= 0.6 is 0 Å². The predicted molar refractivity (Wildman–Crippen MR) is 72.1 cm³/mol. The summed E-state index contributed by atoms with van der Waals surface area (Å²) in [6.45, 7) is 0.563. The number of rotatable bonds is 3. The van der Waals surface area contributed by atoms with Crippen molar-refractivity contribution in [3.8, 4) is 0 Å². The molecule has 4 rings (SSSR count). The third-order valence-electron chi connectivity index (χ3n) is 5.70. The number of fused-ring (bicyclic) bond motifs is 3. The summed E-state index contributed by atoms with van der Waals surface area (Å²) < 4.78 is 2.09. The molecular formula is C15H21N3O2. The molecule has 2 aliphatic carbocycles. The van der Waals surface area contributed by atoms with E-state index in [1.165, 1.54) is 25.7 Å². The quantitative estimate of drug-likeness (QED) is 0.915.